The van der Waals surface area contributed by atoms with Crippen LogP contribution in [-0.4, -0.2) is 9.13 Å². The summed E-state index contributed by atoms with van der Waals surface area (Å²) in [6.45, 7) is 0. The van der Waals surface area contributed by atoms with E-state index in [1.807, 2.05) is 60.7 Å². The average Bonchev–Trinajstić information content (AvgIpc) is 3.00. The molecular formula is C24H21N5O2. The number of para-hydroxylation sites is 1. The summed E-state index contributed by atoms with van der Waals surface area (Å²) in [5, 5.41) is 22.5. The maximum Gasteiger partial charge on any atom is 0.330 e. The molecule has 0 saturated heterocycles. The second-order valence-electron chi connectivity index (χ2n) is 7.74. The molecule has 0 fully saturated rings. The molecule has 4 rings (SSSR count). The highest BCUT2D eigenvalue weighted by Crippen LogP contribution is 2.44. The van der Waals surface area contributed by atoms with Gasteiger partial charge in [0.25, 0.3) is 5.56 Å². The van der Waals surface area contributed by atoms with Gasteiger partial charge < -0.3 is 9.88 Å². The lowest BCUT2D eigenvalue weighted by atomic mass is 9.70. The van der Waals surface area contributed by atoms with Gasteiger partial charge in [0.15, 0.2) is 0 Å². The molecule has 0 radical (unpaired) electrons. The number of nitrogens with zero attached hydrogens (tertiary/aromatic N) is 4. The van der Waals surface area contributed by atoms with E-state index in [2.05, 4.69) is 5.32 Å². The van der Waals surface area contributed by atoms with Crippen LogP contribution in [0.1, 0.15) is 17.3 Å². The highest BCUT2D eigenvalue weighted by molar-refractivity contribution is 5.52. The minimum Gasteiger partial charge on any atom is -0.377 e. The molecule has 0 aliphatic heterocycles. The van der Waals surface area contributed by atoms with Gasteiger partial charge in [-0.3, -0.25) is 9.36 Å². The number of fused-ring (bicyclic) bond motifs is 2. The predicted molar refractivity (Wildman–Crippen MR) is 117 cm³/mol. The van der Waals surface area contributed by atoms with Crippen molar-refractivity contribution < 1.29 is 0 Å². The summed E-state index contributed by atoms with van der Waals surface area (Å²) in [6, 6.07) is 13.1. The van der Waals surface area contributed by atoms with E-state index >= 15 is 0 Å². The number of nitrogens with one attached hydrogen (secondary N) is 1. The van der Waals surface area contributed by atoms with Crippen molar-refractivity contribution in [2.24, 2.45) is 25.9 Å². The number of rotatable bonds is 2. The van der Waals surface area contributed by atoms with Gasteiger partial charge >= 0.3 is 5.69 Å². The molecule has 1 heterocycles. The first-order valence-electron chi connectivity index (χ1n) is 9.97. The number of allylic oxidation sites excluding steroid dienone is 5. The fraction of sp³-hybridized carbons (Fsp3) is 0.250. The molecule has 0 unspecified atom stereocenters. The van der Waals surface area contributed by atoms with Crippen LogP contribution in [0.2, 0.25) is 0 Å². The van der Waals surface area contributed by atoms with Crippen LogP contribution in [0.5, 0.6) is 0 Å². The van der Waals surface area contributed by atoms with E-state index in [0.29, 0.717) is 23.3 Å². The summed E-state index contributed by atoms with van der Waals surface area (Å²) in [5.41, 5.74) is 1.94. The van der Waals surface area contributed by atoms with Gasteiger partial charge in [-0.15, -0.1) is 0 Å². The number of benzene rings is 1. The monoisotopic (exact) mass is 411 g/mol. The van der Waals surface area contributed by atoms with Gasteiger partial charge in [0.1, 0.15) is 17.7 Å². The van der Waals surface area contributed by atoms with Crippen LogP contribution >= 0.6 is 0 Å². The molecule has 1 aromatic carbocycles. The third kappa shape index (κ3) is 3.31. The molecule has 2 aliphatic rings. The van der Waals surface area contributed by atoms with Gasteiger partial charge in [-0.1, -0.05) is 42.5 Å². The van der Waals surface area contributed by atoms with Crippen molar-refractivity contribution in [2.45, 2.75) is 12.5 Å². The second-order valence-corrected chi connectivity index (χ2v) is 7.74. The van der Waals surface area contributed by atoms with Crippen LogP contribution in [0.4, 0.5) is 5.69 Å². The van der Waals surface area contributed by atoms with Crippen LogP contribution in [-0.2, 0) is 20.5 Å². The molecule has 7 heteroatoms. The van der Waals surface area contributed by atoms with Gasteiger partial charge in [0.2, 0.25) is 0 Å². The van der Waals surface area contributed by atoms with Crippen molar-refractivity contribution >= 4 is 5.69 Å². The second kappa shape index (κ2) is 7.97. The molecule has 2 aliphatic carbocycles. The number of nitriles is 2. The molecule has 7 nitrogen and oxygen atoms in total. The smallest absolute Gasteiger partial charge is 0.330 e. The predicted octanol–water partition coefficient (Wildman–Crippen LogP) is 2.50. The van der Waals surface area contributed by atoms with E-state index in [9.17, 15) is 20.1 Å². The minimum absolute atomic E-state index is 0.0469. The molecule has 0 bridgehead atoms. The molecular weight excluding hydrogens is 390 g/mol. The first-order chi connectivity index (χ1) is 15.0. The Morgan fingerprint density at radius 3 is 2.45 bits per heavy atom. The van der Waals surface area contributed by atoms with Crippen LogP contribution in [0, 0.1) is 34.5 Å². The summed E-state index contributed by atoms with van der Waals surface area (Å²) in [7, 11) is 3.14. The minimum atomic E-state index is -0.438. The Bertz CT molecular complexity index is 1310. The standard InChI is InChI=1S/C24H21N5O2/c1-28-20-12-19-17(15(13-25)14-26)10-6-7-11-18(19)22(27-16-8-4-3-5-9-16)21(20)23(30)29(2)24(28)31/h3-11,18-19,22,27H,12H2,1-2H3/t18-,19+,22+/m1/s1. The molecule has 1 aromatic heterocycles. The van der Waals surface area contributed by atoms with Crippen molar-refractivity contribution in [3.63, 3.8) is 0 Å². The number of aromatic nitrogens is 2. The lowest BCUT2D eigenvalue weighted by Gasteiger charge is -2.39. The Morgan fingerprint density at radius 2 is 1.77 bits per heavy atom. The van der Waals surface area contributed by atoms with Gasteiger partial charge in [0.05, 0.1) is 11.6 Å². The molecule has 0 saturated carbocycles. The maximum absolute atomic E-state index is 13.2. The van der Waals surface area contributed by atoms with Crippen molar-refractivity contribution in [3.05, 3.63) is 97.9 Å². The number of hydrogen-bond donors (Lipinski definition) is 1. The third-order valence-electron chi connectivity index (χ3n) is 6.13. The van der Waals surface area contributed by atoms with Crippen molar-refractivity contribution in [3.8, 4) is 12.1 Å². The lowest BCUT2D eigenvalue weighted by Crippen LogP contribution is -2.47. The molecule has 31 heavy (non-hydrogen) atoms. The highest BCUT2D eigenvalue weighted by Gasteiger charge is 2.41. The normalized spacial score (nSPS) is 21.3. The van der Waals surface area contributed by atoms with Gasteiger partial charge in [-0.25, -0.2) is 4.79 Å². The molecule has 2 aromatic rings. The van der Waals surface area contributed by atoms with Crippen LogP contribution in [0.25, 0.3) is 0 Å². The fourth-order valence-corrected chi connectivity index (χ4v) is 4.58. The van der Waals surface area contributed by atoms with Gasteiger partial charge in [-0.2, -0.15) is 10.5 Å². The quantitative estimate of drug-likeness (QED) is 0.765. The zero-order valence-electron chi connectivity index (χ0n) is 17.2. The Morgan fingerprint density at radius 1 is 1.06 bits per heavy atom. The fourth-order valence-electron chi connectivity index (χ4n) is 4.58. The third-order valence-corrected chi connectivity index (χ3v) is 6.13. The van der Waals surface area contributed by atoms with Gasteiger partial charge in [0, 0.05) is 31.4 Å². The first kappa shape index (κ1) is 20.2. The van der Waals surface area contributed by atoms with Crippen molar-refractivity contribution in [1.29, 1.82) is 10.5 Å². The number of hydrogen-bond acceptors (Lipinski definition) is 5. The molecule has 0 spiro atoms. The van der Waals surface area contributed by atoms with Crippen LogP contribution in [0.15, 0.2) is 75.4 Å². The zero-order chi connectivity index (χ0) is 22.1. The summed E-state index contributed by atoms with van der Waals surface area (Å²) in [5.74, 6) is -0.435. The average molecular weight is 411 g/mol. The summed E-state index contributed by atoms with van der Waals surface area (Å²) in [6.07, 6.45) is 7.87. The Labute approximate surface area is 179 Å². The summed E-state index contributed by atoms with van der Waals surface area (Å²) >= 11 is 0. The lowest BCUT2D eigenvalue weighted by molar-refractivity contribution is 0.357. The zero-order valence-corrected chi connectivity index (χ0v) is 17.2. The first-order valence-corrected chi connectivity index (χ1v) is 9.97. The van der Waals surface area contributed by atoms with Crippen LogP contribution < -0.4 is 16.6 Å². The summed E-state index contributed by atoms with van der Waals surface area (Å²) in [4.78, 5) is 25.9. The van der Waals surface area contributed by atoms with E-state index in [4.69, 9.17) is 0 Å². The van der Waals surface area contributed by atoms with Crippen molar-refractivity contribution in [2.75, 3.05) is 5.32 Å². The van der Waals surface area contributed by atoms with E-state index < -0.39 is 11.7 Å². The Hall–Kier alpha value is -4.10. The number of anilines is 1. The van der Waals surface area contributed by atoms with Crippen molar-refractivity contribution in [1.82, 2.24) is 9.13 Å². The van der Waals surface area contributed by atoms with E-state index in [1.54, 1.807) is 13.1 Å². The Balaban J connectivity index is 2.00. The van der Waals surface area contributed by atoms with E-state index in [1.165, 1.54) is 11.6 Å². The molecule has 154 valence electrons. The van der Waals surface area contributed by atoms with Crippen LogP contribution in [0.3, 0.4) is 0 Å². The molecule has 3 atom stereocenters. The molecule has 1 N–H and O–H groups in total. The topological polar surface area (TPSA) is 104 Å². The maximum atomic E-state index is 13.2. The van der Waals surface area contributed by atoms with E-state index in [0.717, 1.165) is 10.3 Å². The largest absolute Gasteiger partial charge is 0.377 e. The summed E-state index contributed by atoms with van der Waals surface area (Å²) < 4.78 is 2.63. The van der Waals surface area contributed by atoms with E-state index in [-0.39, 0.29) is 23.0 Å². The Kier molecular flexibility index (Phi) is 5.19. The molecule has 0 amide bonds. The SMILES string of the molecule is Cn1c2c(c(=O)n(C)c1=O)[C@@H](Nc1ccccc1)[C@@H]1C=CC=CC(=C(C#N)C#N)[C@@H]1C2. The highest BCUT2D eigenvalue weighted by atomic mass is 16.2. The van der Waals surface area contributed by atoms with Gasteiger partial charge in [-0.05, 0) is 30.0 Å².